The van der Waals surface area contributed by atoms with Crippen LogP contribution in [-0.2, 0) is 4.74 Å². The Morgan fingerprint density at radius 1 is 1.07 bits per heavy atom. The van der Waals surface area contributed by atoms with E-state index >= 15 is 0 Å². The van der Waals surface area contributed by atoms with Crippen LogP contribution >= 0.6 is 34.8 Å². The highest BCUT2D eigenvalue weighted by Gasteiger charge is 2.38. The number of hydrogen-bond donors (Lipinski definition) is 1. The van der Waals surface area contributed by atoms with Gasteiger partial charge < -0.3 is 15.0 Å². The van der Waals surface area contributed by atoms with Gasteiger partial charge in [-0.05, 0) is 61.5 Å². The third-order valence-electron chi connectivity index (χ3n) is 6.30. The van der Waals surface area contributed by atoms with E-state index in [4.69, 9.17) is 39.5 Å². The number of benzene rings is 2. The van der Waals surface area contributed by atoms with Crippen molar-refractivity contribution in [3.05, 3.63) is 48.0 Å². The fourth-order valence-corrected chi connectivity index (χ4v) is 5.18. The van der Waals surface area contributed by atoms with Crippen LogP contribution in [0.25, 0.3) is 10.8 Å². The van der Waals surface area contributed by atoms with E-state index in [1.807, 2.05) is 36.4 Å². The Hall–Kier alpha value is -1.04. The molecule has 1 amide bonds. The highest BCUT2D eigenvalue weighted by molar-refractivity contribution is 6.68. The highest BCUT2D eigenvalue weighted by Crippen LogP contribution is 2.35. The standard InChI is InChI=1S/C23H27Cl3N2O2/c24-23(25,26)22(30-15-17-9-6-14-28-13-4-3-12-20(17)28)27-21(29)19-11-5-8-16-7-1-2-10-18(16)19/h1-2,5,7-8,10-11,17,20,22H,3-4,6,9,12-15H2,(H,27,29)/t17-,20+,22-/m1/s1. The molecule has 2 aromatic carbocycles. The van der Waals surface area contributed by atoms with Crippen LogP contribution in [0.15, 0.2) is 42.5 Å². The summed E-state index contributed by atoms with van der Waals surface area (Å²) in [6.45, 7) is 2.79. The minimum atomic E-state index is -1.76. The van der Waals surface area contributed by atoms with Gasteiger partial charge in [-0.15, -0.1) is 0 Å². The van der Waals surface area contributed by atoms with Crippen LogP contribution in [-0.4, -0.2) is 46.6 Å². The molecule has 2 fully saturated rings. The molecule has 0 aliphatic carbocycles. The first-order valence-corrected chi connectivity index (χ1v) is 11.8. The van der Waals surface area contributed by atoms with Gasteiger partial charge >= 0.3 is 0 Å². The maximum Gasteiger partial charge on any atom is 0.254 e. The SMILES string of the molecule is O=C(N[C@H](OC[C@H]1CCCN2CCCC[C@@H]12)C(Cl)(Cl)Cl)c1cccc2ccccc12. The van der Waals surface area contributed by atoms with E-state index in [1.165, 1.54) is 19.3 Å². The van der Waals surface area contributed by atoms with Crippen molar-refractivity contribution in [1.29, 1.82) is 0 Å². The quantitative estimate of drug-likeness (QED) is 0.461. The fourth-order valence-electron chi connectivity index (χ4n) is 4.83. The van der Waals surface area contributed by atoms with Crippen molar-refractivity contribution in [2.24, 2.45) is 5.92 Å². The van der Waals surface area contributed by atoms with Crippen molar-refractivity contribution in [2.75, 3.05) is 19.7 Å². The van der Waals surface area contributed by atoms with Crippen LogP contribution in [0.5, 0.6) is 0 Å². The molecule has 30 heavy (non-hydrogen) atoms. The molecule has 3 atom stereocenters. The lowest BCUT2D eigenvalue weighted by atomic mass is 9.84. The summed E-state index contributed by atoms with van der Waals surface area (Å²) in [5.74, 6) is 0.0782. The number of halogens is 3. The van der Waals surface area contributed by atoms with Gasteiger partial charge in [0.15, 0.2) is 6.23 Å². The number of hydrogen-bond acceptors (Lipinski definition) is 3. The van der Waals surface area contributed by atoms with E-state index in [0.717, 1.165) is 36.7 Å². The van der Waals surface area contributed by atoms with E-state index in [0.29, 0.717) is 24.1 Å². The van der Waals surface area contributed by atoms with Gasteiger partial charge in [0.1, 0.15) is 0 Å². The van der Waals surface area contributed by atoms with Gasteiger partial charge in [-0.3, -0.25) is 4.79 Å². The zero-order chi connectivity index (χ0) is 21.1. The summed E-state index contributed by atoms with van der Waals surface area (Å²) < 4.78 is 4.28. The summed E-state index contributed by atoms with van der Waals surface area (Å²) in [5, 5.41) is 4.64. The number of nitrogens with zero attached hydrogens (tertiary/aromatic N) is 1. The van der Waals surface area contributed by atoms with Crippen LogP contribution in [0.1, 0.15) is 42.5 Å². The summed E-state index contributed by atoms with van der Waals surface area (Å²) in [6, 6.07) is 13.8. The van der Waals surface area contributed by atoms with E-state index in [-0.39, 0.29) is 5.91 Å². The van der Waals surface area contributed by atoms with Crippen LogP contribution in [0.3, 0.4) is 0 Å². The normalized spacial score (nSPS) is 23.7. The molecule has 1 N–H and O–H groups in total. The zero-order valence-electron chi connectivity index (χ0n) is 16.8. The molecular formula is C23H27Cl3N2O2. The number of carbonyl (C=O) groups is 1. The van der Waals surface area contributed by atoms with E-state index < -0.39 is 10.0 Å². The molecule has 0 radical (unpaired) electrons. The molecular weight excluding hydrogens is 443 g/mol. The fraction of sp³-hybridized carbons (Fsp3) is 0.522. The number of amides is 1. The molecule has 2 heterocycles. The lowest BCUT2D eigenvalue weighted by molar-refractivity contribution is -0.0324. The largest absolute Gasteiger partial charge is 0.354 e. The summed E-state index contributed by atoms with van der Waals surface area (Å²) in [5.41, 5.74) is 0.534. The first-order valence-electron chi connectivity index (χ1n) is 10.6. The van der Waals surface area contributed by atoms with Crippen molar-refractivity contribution in [3.63, 3.8) is 0 Å². The number of carbonyl (C=O) groups excluding carboxylic acids is 1. The highest BCUT2D eigenvalue weighted by atomic mass is 35.6. The number of rotatable bonds is 5. The Morgan fingerprint density at radius 3 is 2.67 bits per heavy atom. The van der Waals surface area contributed by atoms with Gasteiger partial charge in [-0.1, -0.05) is 77.6 Å². The predicted octanol–water partition coefficient (Wildman–Crippen LogP) is 5.55. The number of ether oxygens (including phenoxy) is 1. The van der Waals surface area contributed by atoms with Gasteiger partial charge in [-0.2, -0.15) is 0 Å². The number of nitrogens with one attached hydrogen (secondary N) is 1. The van der Waals surface area contributed by atoms with Crippen molar-refractivity contribution in [1.82, 2.24) is 10.2 Å². The molecule has 2 aliphatic heterocycles. The van der Waals surface area contributed by atoms with Crippen molar-refractivity contribution in [3.8, 4) is 0 Å². The van der Waals surface area contributed by atoms with E-state index in [2.05, 4.69) is 10.2 Å². The Morgan fingerprint density at radius 2 is 1.83 bits per heavy atom. The van der Waals surface area contributed by atoms with E-state index in [9.17, 15) is 4.79 Å². The third kappa shape index (κ3) is 5.05. The third-order valence-corrected chi connectivity index (χ3v) is 6.89. The lowest BCUT2D eigenvalue weighted by Crippen LogP contribution is -2.51. The first-order chi connectivity index (χ1) is 14.4. The molecule has 4 nitrogen and oxygen atoms in total. The molecule has 2 aromatic rings. The minimum absolute atomic E-state index is 0.314. The lowest BCUT2D eigenvalue weighted by Gasteiger charge is -2.44. The summed E-state index contributed by atoms with van der Waals surface area (Å²) in [4.78, 5) is 15.6. The molecule has 2 saturated heterocycles. The second-order valence-corrected chi connectivity index (χ2v) is 10.6. The first kappa shape index (κ1) is 22.2. The Balaban J connectivity index is 1.46. The Labute approximate surface area is 192 Å². The topological polar surface area (TPSA) is 41.6 Å². The average molecular weight is 470 g/mol. The van der Waals surface area contributed by atoms with Gasteiger partial charge in [0.05, 0.1) is 6.61 Å². The summed E-state index contributed by atoms with van der Waals surface area (Å²) in [6.07, 6.45) is 4.95. The van der Waals surface area contributed by atoms with Crippen LogP contribution < -0.4 is 5.32 Å². The smallest absolute Gasteiger partial charge is 0.254 e. The van der Waals surface area contributed by atoms with E-state index in [1.54, 1.807) is 6.07 Å². The van der Waals surface area contributed by atoms with Crippen molar-refractivity contribution < 1.29 is 9.53 Å². The molecule has 0 bridgehead atoms. The maximum atomic E-state index is 13.0. The second-order valence-electron chi connectivity index (χ2n) is 8.26. The molecule has 7 heteroatoms. The van der Waals surface area contributed by atoms with Crippen LogP contribution in [0, 0.1) is 5.92 Å². The number of fused-ring (bicyclic) bond motifs is 2. The van der Waals surface area contributed by atoms with Crippen molar-refractivity contribution in [2.45, 2.75) is 48.2 Å². The zero-order valence-corrected chi connectivity index (χ0v) is 19.1. The van der Waals surface area contributed by atoms with Gasteiger partial charge in [0, 0.05) is 11.6 Å². The number of alkyl halides is 3. The number of piperidine rings is 2. The predicted molar refractivity (Wildman–Crippen MR) is 123 cm³/mol. The van der Waals surface area contributed by atoms with Crippen molar-refractivity contribution >= 4 is 51.5 Å². The summed E-state index contributed by atoms with van der Waals surface area (Å²) in [7, 11) is 0. The second kappa shape index (κ2) is 9.62. The van der Waals surface area contributed by atoms with Gasteiger partial charge in [0.25, 0.3) is 5.91 Å². The maximum absolute atomic E-state index is 13.0. The van der Waals surface area contributed by atoms with Crippen LogP contribution in [0.2, 0.25) is 0 Å². The molecule has 0 spiro atoms. The molecule has 0 saturated carbocycles. The minimum Gasteiger partial charge on any atom is -0.354 e. The molecule has 4 rings (SSSR count). The van der Waals surface area contributed by atoms with Gasteiger partial charge in [-0.25, -0.2) is 0 Å². The van der Waals surface area contributed by atoms with Gasteiger partial charge in [0.2, 0.25) is 3.79 Å². The molecule has 0 aromatic heterocycles. The molecule has 162 valence electrons. The summed E-state index contributed by atoms with van der Waals surface area (Å²) >= 11 is 18.6. The van der Waals surface area contributed by atoms with Crippen LogP contribution in [0.4, 0.5) is 0 Å². The average Bonchev–Trinajstić information content (AvgIpc) is 2.75. The molecule has 0 unspecified atom stereocenters. The monoisotopic (exact) mass is 468 g/mol. The Kier molecular flexibility index (Phi) is 7.11. The Bertz CT molecular complexity index is 879. The molecule has 2 aliphatic rings.